The zero-order chi connectivity index (χ0) is 50.6. The van der Waals surface area contributed by atoms with Crippen molar-refractivity contribution < 1.29 is 22.3 Å². The normalized spacial score (nSPS) is 16.0. The van der Waals surface area contributed by atoms with E-state index in [-0.39, 0.29) is 0 Å². The van der Waals surface area contributed by atoms with Gasteiger partial charge in [-0.05, 0) is 115 Å². The largest absolute Gasteiger partial charge is 0.390 e. The molecule has 0 atom stereocenters. The molecular weight excluding hydrogens is 917 g/mol. The molecule has 0 unspecified atom stereocenters. The number of benzene rings is 9. The maximum Gasteiger partial charge on any atom is 0.390 e. The first-order chi connectivity index (χ1) is 35.1. The minimum Gasteiger partial charge on any atom is -0.319 e. The van der Waals surface area contributed by atoms with E-state index in [0.717, 1.165) is 44.5 Å². The van der Waals surface area contributed by atoms with Crippen LogP contribution in [0.3, 0.4) is 0 Å². The van der Waals surface area contributed by atoms with E-state index < -0.39 is 56.8 Å². The van der Waals surface area contributed by atoms with Crippen molar-refractivity contribution in [1.82, 2.24) is 0 Å². The first kappa shape index (κ1) is 45.4. The molecule has 0 saturated heterocycles. The lowest BCUT2D eigenvalue weighted by atomic mass is 9.71. The molecule has 3 aliphatic heterocycles. The van der Waals surface area contributed by atoms with Crippen molar-refractivity contribution in [3.05, 3.63) is 244 Å². The molecule has 9 aromatic carbocycles. The summed E-state index contributed by atoms with van der Waals surface area (Å²) in [5.74, 6) is 0. The SMILES string of the molecule is [C-]#[N+]c1c(C#N)c(N2c3ccc(-c4ccccc4)cc3C(C)(C)c3cc(-c4ccccc4)ccc32)c2c(c1N1c3ccc(-c4ccccc4)cc3C(C)(C)c3cc(-c4ccccc4)ccc31)C(F)(F)OC2(F)F. The summed E-state index contributed by atoms with van der Waals surface area (Å²) in [4.78, 5) is 6.91. The highest BCUT2D eigenvalue weighted by atomic mass is 19.3. The van der Waals surface area contributed by atoms with Crippen molar-refractivity contribution in [3.63, 3.8) is 0 Å². The van der Waals surface area contributed by atoms with Gasteiger partial charge in [0.05, 0.1) is 52.1 Å². The van der Waals surface area contributed by atoms with Gasteiger partial charge in [-0.25, -0.2) is 9.58 Å². The molecular formula is C64H44F4N4O. The van der Waals surface area contributed by atoms with Gasteiger partial charge in [-0.1, -0.05) is 173 Å². The molecule has 9 heteroatoms. The summed E-state index contributed by atoms with van der Waals surface area (Å²) in [6, 6.07) is 63.6. The van der Waals surface area contributed by atoms with Crippen LogP contribution in [-0.2, 0) is 27.8 Å². The Morgan fingerprint density at radius 1 is 0.425 bits per heavy atom. The Balaban J connectivity index is 1.19. The number of ether oxygens (including phenoxy) is 1. The van der Waals surface area contributed by atoms with Crippen molar-refractivity contribution in [3.8, 4) is 50.6 Å². The molecule has 3 aliphatic rings. The summed E-state index contributed by atoms with van der Waals surface area (Å²) < 4.78 is 74.6. The second-order valence-electron chi connectivity index (χ2n) is 19.8. The Morgan fingerprint density at radius 2 is 0.712 bits per heavy atom. The minimum absolute atomic E-state index is 0.385. The van der Waals surface area contributed by atoms with Crippen LogP contribution in [0.4, 0.5) is 57.4 Å². The number of nitrogens with zero attached hydrogens (tertiary/aromatic N) is 4. The van der Waals surface area contributed by atoms with Gasteiger partial charge in [0.1, 0.15) is 0 Å². The highest BCUT2D eigenvalue weighted by molar-refractivity contribution is 6.03. The minimum atomic E-state index is -4.66. The van der Waals surface area contributed by atoms with Gasteiger partial charge in [0.15, 0.2) is 0 Å². The summed E-state index contributed by atoms with van der Waals surface area (Å²) in [7, 11) is 0. The van der Waals surface area contributed by atoms with Crippen molar-refractivity contribution in [2.75, 3.05) is 9.80 Å². The summed E-state index contributed by atoms with van der Waals surface area (Å²) >= 11 is 0. The van der Waals surface area contributed by atoms with E-state index >= 15 is 17.6 Å². The number of hydrogen-bond donors (Lipinski definition) is 0. The van der Waals surface area contributed by atoms with E-state index in [4.69, 9.17) is 6.57 Å². The van der Waals surface area contributed by atoms with Gasteiger partial charge in [0.25, 0.3) is 0 Å². The van der Waals surface area contributed by atoms with E-state index in [1.54, 1.807) is 24.3 Å². The monoisotopic (exact) mass is 960 g/mol. The maximum absolute atomic E-state index is 17.5. The molecule has 0 aromatic heterocycles. The fourth-order valence-corrected chi connectivity index (χ4v) is 11.4. The van der Waals surface area contributed by atoms with Gasteiger partial charge in [-0.3, -0.25) is 0 Å². The van der Waals surface area contributed by atoms with Crippen LogP contribution in [0, 0.1) is 17.9 Å². The highest BCUT2D eigenvalue weighted by Crippen LogP contribution is 2.67. The summed E-state index contributed by atoms with van der Waals surface area (Å²) in [6.45, 7) is 17.1. The fraction of sp³-hybridized carbons (Fsp3) is 0.125. The smallest absolute Gasteiger partial charge is 0.319 e. The molecule has 73 heavy (non-hydrogen) atoms. The second-order valence-corrected chi connectivity index (χ2v) is 19.8. The molecule has 354 valence electrons. The first-order valence-electron chi connectivity index (χ1n) is 24.0. The number of nitriles is 1. The average molecular weight is 961 g/mol. The van der Waals surface area contributed by atoms with Crippen LogP contribution in [0.25, 0.3) is 49.4 Å². The maximum atomic E-state index is 17.5. The third kappa shape index (κ3) is 6.91. The van der Waals surface area contributed by atoms with E-state index in [1.807, 2.05) is 198 Å². The molecule has 12 rings (SSSR count). The van der Waals surface area contributed by atoms with Crippen molar-refractivity contribution in [2.24, 2.45) is 0 Å². The molecule has 0 amide bonds. The number of fused-ring (bicyclic) bond motifs is 5. The highest BCUT2D eigenvalue weighted by Gasteiger charge is 2.63. The third-order valence-electron chi connectivity index (χ3n) is 15.0. The molecule has 0 N–H and O–H groups in total. The fourth-order valence-electron chi connectivity index (χ4n) is 11.4. The Hall–Kier alpha value is -8.76. The molecule has 0 radical (unpaired) electrons. The van der Waals surface area contributed by atoms with Gasteiger partial charge in [-0.15, -0.1) is 0 Å². The average Bonchev–Trinajstić information content (AvgIpc) is 3.61. The topological polar surface area (TPSA) is 43.9 Å². The van der Waals surface area contributed by atoms with Crippen molar-refractivity contribution in [2.45, 2.75) is 50.7 Å². The van der Waals surface area contributed by atoms with Crippen LogP contribution < -0.4 is 9.80 Å². The van der Waals surface area contributed by atoms with Gasteiger partial charge in [-0.2, -0.15) is 22.8 Å². The lowest BCUT2D eigenvalue weighted by Gasteiger charge is -2.45. The van der Waals surface area contributed by atoms with Crippen LogP contribution in [0.1, 0.15) is 66.6 Å². The number of rotatable bonds is 6. The molecule has 5 nitrogen and oxygen atoms in total. The molecule has 3 heterocycles. The van der Waals surface area contributed by atoms with E-state index in [1.165, 1.54) is 9.80 Å². The lowest BCUT2D eigenvalue weighted by molar-refractivity contribution is -0.369. The molecule has 0 fully saturated rings. The third-order valence-corrected chi connectivity index (χ3v) is 15.0. The molecule has 0 bridgehead atoms. The molecule has 9 aromatic rings. The Kier molecular flexibility index (Phi) is 10.2. The van der Waals surface area contributed by atoms with Crippen molar-refractivity contribution >= 4 is 39.8 Å². The van der Waals surface area contributed by atoms with Crippen LogP contribution >= 0.6 is 0 Å². The Bertz CT molecular complexity index is 3370. The predicted molar refractivity (Wildman–Crippen MR) is 282 cm³/mol. The zero-order valence-corrected chi connectivity index (χ0v) is 40.2. The van der Waals surface area contributed by atoms with Gasteiger partial charge < -0.3 is 9.80 Å². The summed E-state index contributed by atoms with van der Waals surface area (Å²) in [5.41, 5.74) is 5.19. The van der Waals surface area contributed by atoms with E-state index in [2.05, 4.69) is 15.7 Å². The predicted octanol–water partition coefficient (Wildman–Crippen LogP) is 18.1. The van der Waals surface area contributed by atoms with Gasteiger partial charge in [0.2, 0.25) is 5.69 Å². The van der Waals surface area contributed by atoms with Gasteiger partial charge in [0, 0.05) is 22.2 Å². The van der Waals surface area contributed by atoms with Gasteiger partial charge >= 0.3 is 12.2 Å². The molecule has 0 saturated carbocycles. The number of hydrogen-bond acceptors (Lipinski definition) is 4. The zero-order valence-electron chi connectivity index (χ0n) is 40.2. The van der Waals surface area contributed by atoms with Crippen LogP contribution in [0.15, 0.2) is 194 Å². The number of anilines is 6. The Labute approximate surface area is 421 Å². The first-order valence-corrected chi connectivity index (χ1v) is 24.0. The summed E-state index contributed by atoms with van der Waals surface area (Å²) in [5, 5.41) is 11.6. The van der Waals surface area contributed by atoms with Crippen LogP contribution in [0.2, 0.25) is 0 Å². The molecule has 0 aliphatic carbocycles. The second kappa shape index (κ2) is 16.4. The quantitative estimate of drug-likeness (QED) is 0.123. The summed E-state index contributed by atoms with van der Waals surface area (Å²) in [6.07, 6.45) is -9.32. The number of halogens is 4. The van der Waals surface area contributed by atoms with E-state index in [0.29, 0.717) is 45.0 Å². The lowest BCUT2D eigenvalue weighted by Crippen LogP contribution is -2.33. The van der Waals surface area contributed by atoms with Crippen LogP contribution in [0.5, 0.6) is 0 Å². The Morgan fingerprint density at radius 3 is 1.00 bits per heavy atom. The molecule has 0 spiro atoms. The van der Waals surface area contributed by atoms with E-state index in [9.17, 15) is 5.26 Å². The standard InChI is InChI=1S/C64H44F4N4O/c1-61(2)48-34-43(39-18-10-6-11-19-39)26-30-52(48)71(53-31-27-44(35-49(53)61)40-20-12-7-13-21-40)59-47(38-69)58(70-5)60(57-56(59)63(65,66)73-64(57,67)68)72-54-32-28-45(41-22-14-8-15-23-41)36-50(54)62(3,4)51-37-46(29-33-55(51)72)42-24-16-9-17-25-42/h6-37H,1-4H3. The number of alkyl halides is 4. The van der Waals surface area contributed by atoms with Crippen molar-refractivity contribution in [1.29, 1.82) is 5.26 Å². The van der Waals surface area contributed by atoms with Crippen LogP contribution in [-0.4, -0.2) is 0 Å².